The number of aliphatic hydroxyl groups is 1. The van der Waals surface area contributed by atoms with Gasteiger partial charge in [-0.25, -0.2) is 0 Å². The fourth-order valence-corrected chi connectivity index (χ4v) is 2.92. The molecule has 0 bridgehead atoms. The van der Waals surface area contributed by atoms with E-state index >= 15 is 0 Å². The molecule has 1 aliphatic rings. The SMILES string of the molecule is CC(=O)N1CC[C@]1(CCCc1cnccn1)C(=O)NCCO. The average Bonchev–Trinajstić information content (AvgIpc) is 2.48. The van der Waals surface area contributed by atoms with Crippen LogP contribution in [0.1, 0.15) is 31.9 Å². The molecular weight excluding hydrogens is 284 g/mol. The molecule has 7 heteroatoms. The van der Waals surface area contributed by atoms with Crippen LogP contribution in [0, 0.1) is 0 Å². The van der Waals surface area contributed by atoms with Gasteiger partial charge >= 0.3 is 0 Å². The normalized spacial score (nSPS) is 20.4. The Labute approximate surface area is 129 Å². The first-order valence-electron chi connectivity index (χ1n) is 7.52. The van der Waals surface area contributed by atoms with Gasteiger partial charge in [-0.2, -0.15) is 0 Å². The smallest absolute Gasteiger partial charge is 0.246 e. The van der Waals surface area contributed by atoms with Gasteiger partial charge in [0.15, 0.2) is 0 Å². The third kappa shape index (κ3) is 3.41. The molecule has 2 rings (SSSR count). The largest absolute Gasteiger partial charge is 0.395 e. The number of nitrogens with zero attached hydrogens (tertiary/aromatic N) is 3. The quantitative estimate of drug-likeness (QED) is 0.733. The highest BCUT2D eigenvalue weighted by Crippen LogP contribution is 2.35. The minimum atomic E-state index is -0.775. The van der Waals surface area contributed by atoms with Crippen LogP contribution in [-0.2, 0) is 16.0 Å². The van der Waals surface area contributed by atoms with Crippen molar-refractivity contribution in [2.45, 2.75) is 38.1 Å². The second-order valence-electron chi connectivity index (χ2n) is 5.48. The van der Waals surface area contributed by atoms with Gasteiger partial charge in [-0.1, -0.05) is 0 Å². The van der Waals surface area contributed by atoms with Crippen molar-refractivity contribution in [1.82, 2.24) is 20.2 Å². The minimum Gasteiger partial charge on any atom is -0.395 e. The highest BCUT2D eigenvalue weighted by atomic mass is 16.3. The number of carbonyl (C=O) groups excluding carboxylic acids is 2. The van der Waals surface area contributed by atoms with Crippen LogP contribution in [0.15, 0.2) is 18.6 Å². The van der Waals surface area contributed by atoms with E-state index in [1.54, 1.807) is 23.5 Å². The lowest BCUT2D eigenvalue weighted by Crippen LogP contribution is -2.68. The van der Waals surface area contributed by atoms with Crippen LogP contribution < -0.4 is 5.32 Å². The minimum absolute atomic E-state index is 0.0927. The number of nitrogens with one attached hydrogen (secondary N) is 1. The first-order chi connectivity index (χ1) is 10.6. The molecular formula is C15H22N4O3. The fourth-order valence-electron chi connectivity index (χ4n) is 2.92. The highest BCUT2D eigenvalue weighted by molar-refractivity contribution is 5.92. The fraction of sp³-hybridized carbons (Fsp3) is 0.600. The molecule has 2 heterocycles. The Balaban J connectivity index is 1.99. The molecule has 22 heavy (non-hydrogen) atoms. The van der Waals surface area contributed by atoms with Crippen molar-refractivity contribution in [3.8, 4) is 0 Å². The number of aliphatic hydroxyl groups excluding tert-OH is 1. The Bertz CT molecular complexity index is 523. The zero-order valence-corrected chi connectivity index (χ0v) is 12.8. The standard InChI is InChI=1S/C15H22N4O3/c1-12(21)19-9-5-15(19,14(22)18-8-10-20)4-2-3-13-11-16-6-7-17-13/h6-7,11,20H,2-5,8-10H2,1H3,(H,18,22)/t15-/m1/s1. The summed E-state index contributed by atoms with van der Waals surface area (Å²) in [4.78, 5) is 34.0. The first-order valence-corrected chi connectivity index (χ1v) is 7.52. The maximum atomic E-state index is 12.4. The van der Waals surface area contributed by atoms with Gasteiger partial charge in [-0.3, -0.25) is 19.6 Å². The first kappa shape index (κ1) is 16.4. The molecule has 2 amide bonds. The number of hydrogen-bond donors (Lipinski definition) is 2. The maximum absolute atomic E-state index is 12.4. The van der Waals surface area contributed by atoms with E-state index < -0.39 is 5.54 Å². The number of rotatable bonds is 7. The van der Waals surface area contributed by atoms with E-state index in [1.165, 1.54) is 6.92 Å². The molecule has 0 aromatic carbocycles. The van der Waals surface area contributed by atoms with Gasteiger partial charge in [-0.05, 0) is 25.7 Å². The topological polar surface area (TPSA) is 95.4 Å². The third-order valence-corrected chi connectivity index (χ3v) is 4.11. The molecule has 1 saturated heterocycles. The zero-order chi connectivity index (χ0) is 16.0. The van der Waals surface area contributed by atoms with Crippen molar-refractivity contribution in [2.24, 2.45) is 0 Å². The van der Waals surface area contributed by atoms with Crippen LogP contribution in [0.25, 0.3) is 0 Å². The molecule has 0 radical (unpaired) electrons. The number of likely N-dealkylation sites (tertiary alicyclic amines) is 1. The molecule has 1 aliphatic heterocycles. The van der Waals surface area contributed by atoms with Gasteiger partial charge in [0.1, 0.15) is 5.54 Å². The van der Waals surface area contributed by atoms with Gasteiger partial charge in [0.25, 0.3) is 0 Å². The van der Waals surface area contributed by atoms with E-state index in [9.17, 15) is 9.59 Å². The van der Waals surface area contributed by atoms with Crippen molar-refractivity contribution in [2.75, 3.05) is 19.7 Å². The van der Waals surface area contributed by atoms with Crippen LogP contribution in [0.5, 0.6) is 0 Å². The van der Waals surface area contributed by atoms with E-state index in [0.29, 0.717) is 25.8 Å². The number of aromatic nitrogens is 2. The third-order valence-electron chi connectivity index (χ3n) is 4.11. The van der Waals surface area contributed by atoms with Crippen LogP contribution in [0.4, 0.5) is 0 Å². The van der Waals surface area contributed by atoms with Crippen molar-refractivity contribution >= 4 is 11.8 Å². The summed E-state index contributed by atoms with van der Waals surface area (Å²) in [5.74, 6) is -0.271. The lowest BCUT2D eigenvalue weighted by atomic mass is 9.78. The van der Waals surface area contributed by atoms with E-state index in [0.717, 1.165) is 12.1 Å². The van der Waals surface area contributed by atoms with Crippen LogP contribution in [0.2, 0.25) is 0 Å². The highest BCUT2D eigenvalue weighted by Gasteiger charge is 2.51. The van der Waals surface area contributed by atoms with E-state index in [-0.39, 0.29) is 25.0 Å². The van der Waals surface area contributed by atoms with E-state index in [2.05, 4.69) is 15.3 Å². The van der Waals surface area contributed by atoms with E-state index in [4.69, 9.17) is 5.11 Å². The summed E-state index contributed by atoms with van der Waals surface area (Å²) >= 11 is 0. The maximum Gasteiger partial charge on any atom is 0.246 e. The monoisotopic (exact) mass is 306 g/mol. The molecule has 1 atom stereocenters. The average molecular weight is 306 g/mol. The second-order valence-corrected chi connectivity index (χ2v) is 5.48. The number of amides is 2. The predicted octanol–water partition coefficient (Wildman–Crippen LogP) is -0.101. The summed E-state index contributed by atoms with van der Waals surface area (Å²) in [5.41, 5.74) is 0.102. The van der Waals surface area contributed by atoms with E-state index in [1.807, 2.05) is 0 Å². The van der Waals surface area contributed by atoms with Gasteiger partial charge in [-0.15, -0.1) is 0 Å². The molecule has 7 nitrogen and oxygen atoms in total. The van der Waals surface area contributed by atoms with Crippen molar-refractivity contribution in [3.05, 3.63) is 24.3 Å². The van der Waals surface area contributed by atoms with Crippen molar-refractivity contribution in [1.29, 1.82) is 0 Å². The summed E-state index contributed by atoms with van der Waals surface area (Å²) in [6.07, 6.45) is 7.68. The summed E-state index contributed by atoms with van der Waals surface area (Å²) < 4.78 is 0. The molecule has 2 N–H and O–H groups in total. The van der Waals surface area contributed by atoms with Crippen LogP contribution >= 0.6 is 0 Å². The summed E-state index contributed by atoms with van der Waals surface area (Å²) in [6, 6.07) is 0. The molecule has 0 aliphatic carbocycles. The lowest BCUT2D eigenvalue weighted by molar-refractivity contribution is -0.158. The Morgan fingerprint density at radius 2 is 2.27 bits per heavy atom. The zero-order valence-electron chi connectivity index (χ0n) is 12.8. The second kappa shape index (κ2) is 7.31. The van der Waals surface area contributed by atoms with Gasteiger partial charge < -0.3 is 15.3 Å². The molecule has 0 saturated carbocycles. The lowest BCUT2D eigenvalue weighted by Gasteiger charge is -2.51. The Morgan fingerprint density at radius 3 is 2.82 bits per heavy atom. The Hall–Kier alpha value is -2.02. The van der Waals surface area contributed by atoms with Crippen molar-refractivity contribution < 1.29 is 14.7 Å². The Morgan fingerprint density at radius 1 is 1.45 bits per heavy atom. The van der Waals surface area contributed by atoms with Gasteiger partial charge in [0.2, 0.25) is 11.8 Å². The molecule has 0 unspecified atom stereocenters. The van der Waals surface area contributed by atoms with Gasteiger partial charge in [0, 0.05) is 38.6 Å². The molecule has 1 aromatic heterocycles. The predicted molar refractivity (Wildman–Crippen MR) is 79.8 cm³/mol. The Kier molecular flexibility index (Phi) is 5.43. The summed E-state index contributed by atoms with van der Waals surface area (Å²) in [5, 5.41) is 11.6. The molecule has 120 valence electrons. The van der Waals surface area contributed by atoms with Crippen molar-refractivity contribution in [3.63, 3.8) is 0 Å². The van der Waals surface area contributed by atoms with Gasteiger partial charge in [0.05, 0.1) is 12.3 Å². The summed E-state index contributed by atoms with van der Waals surface area (Å²) in [6.45, 7) is 2.18. The van der Waals surface area contributed by atoms with Crippen LogP contribution in [-0.4, -0.2) is 57.0 Å². The molecule has 1 fully saturated rings. The summed E-state index contributed by atoms with van der Waals surface area (Å²) in [7, 11) is 0. The number of carbonyl (C=O) groups is 2. The molecule has 1 aromatic rings. The number of aryl methyl sites for hydroxylation is 1. The van der Waals surface area contributed by atoms with Crippen LogP contribution in [0.3, 0.4) is 0 Å². The number of hydrogen-bond acceptors (Lipinski definition) is 5. The molecule has 0 spiro atoms.